The summed E-state index contributed by atoms with van der Waals surface area (Å²) in [5, 5.41) is 10.6. The predicted molar refractivity (Wildman–Crippen MR) is 32.7 cm³/mol. The number of carboxylic acid groups (broad SMARTS) is 1. The Morgan fingerprint density at radius 1 is 1.90 bits per heavy atom. The molecular formula is C5H6N2O3. The Labute approximate surface area is 56.8 Å². The Morgan fingerprint density at radius 3 is 3.00 bits per heavy atom. The summed E-state index contributed by atoms with van der Waals surface area (Å²) in [4.78, 5) is 24.2. The van der Waals surface area contributed by atoms with Gasteiger partial charge in [0.2, 0.25) is 5.91 Å². The fraction of sp³-hybridized carbons (Fsp3) is 0.400. The minimum atomic E-state index is -1.06. The molecule has 1 aliphatic heterocycles. The van der Waals surface area contributed by atoms with Crippen LogP contribution in [0.25, 0.3) is 0 Å². The fourth-order valence-corrected chi connectivity index (χ4v) is 0.638. The quantitative estimate of drug-likeness (QED) is 0.492. The van der Waals surface area contributed by atoms with Gasteiger partial charge >= 0.3 is 5.97 Å². The van der Waals surface area contributed by atoms with Gasteiger partial charge in [-0.3, -0.25) is 9.79 Å². The highest BCUT2D eigenvalue weighted by atomic mass is 16.4. The first-order valence-corrected chi connectivity index (χ1v) is 2.74. The number of carbonyl (C=O) groups excluding carboxylic acids is 1. The third-order valence-electron chi connectivity index (χ3n) is 1.14. The molecule has 0 spiro atoms. The number of hydrogen-bond acceptors (Lipinski definition) is 3. The molecule has 0 fully saturated rings. The molecule has 1 atom stereocenters. The number of amides is 1. The van der Waals surface area contributed by atoms with Gasteiger partial charge < -0.3 is 10.4 Å². The molecule has 1 unspecified atom stereocenters. The van der Waals surface area contributed by atoms with Gasteiger partial charge in [0.15, 0.2) is 6.04 Å². The van der Waals surface area contributed by atoms with E-state index in [1.807, 2.05) is 0 Å². The second kappa shape index (κ2) is 2.47. The van der Waals surface area contributed by atoms with Crippen molar-refractivity contribution in [1.29, 1.82) is 0 Å². The second-order valence-electron chi connectivity index (χ2n) is 1.90. The number of aliphatic imine (C=N–C) groups is 1. The van der Waals surface area contributed by atoms with Crippen LogP contribution in [0.5, 0.6) is 0 Å². The minimum Gasteiger partial charge on any atom is -0.480 e. The molecule has 0 saturated heterocycles. The van der Waals surface area contributed by atoms with Crippen LogP contribution in [0.3, 0.4) is 0 Å². The van der Waals surface area contributed by atoms with E-state index < -0.39 is 12.0 Å². The van der Waals surface area contributed by atoms with Crippen molar-refractivity contribution in [3.63, 3.8) is 0 Å². The topological polar surface area (TPSA) is 78.8 Å². The first-order chi connectivity index (χ1) is 4.70. The molecule has 1 amide bonds. The molecule has 10 heavy (non-hydrogen) atoms. The Kier molecular flexibility index (Phi) is 1.66. The molecule has 1 aliphatic rings. The van der Waals surface area contributed by atoms with Gasteiger partial charge in [-0.25, -0.2) is 4.79 Å². The van der Waals surface area contributed by atoms with Gasteiger partial charge in [-0.1, -0.05) is 0 Å². The van der Waals surface area contributed by atoms with Crippen LogP contribution in [-0.4, -0.2) is 29.4 Å². The zero-order valence-electron chi connectivity index (χ0n) is 5.07. The summed E-state index contributed by atoms with van der Waals surface area (Å²) < 4.78 is 0. The third-order valence-corrected chi connectivity index (χ3v) is 1.14. The molecule has 2 N–H and O–H groups in total. The van der Waals surface area contributed by atoms with Crippen molar-refractivity contribution >= 4 is 18.2 Å². The van der Waals surface area contributed by atoms with Crippen LogP contribution in [-0.2, 0) is 9.59 Å². The maximum Gasteiger partial charge on any atom is 0.329 e. The highest BCUT2D eigenvalue weighted by Crippen LogP contribution is 2.00. The number of nitrogens with zero attached hydrogens (tertiary/aromatic N) is 1. The summed E-state index contributed by atoms with van der Waals surface area (Å²) in [7, 11) is 0. The lowest BCUT2D eigenvalue weighted by atomic mass is 10.2. The van der Waals surface area contributed by atoms with E-state index in [0.717, 1.165) is 6.34 Å². The Bertz CT molecular complexity index is 199. The van der Waals surface area contributed by atoms with Gasteiger partial charge in [-0.2, -0.15) is 0 Å². The molecule has 5 heteroatoms. The van der Waals surface area contributed by atoms with Crippen LogP contribution in [0.15, 0.2) is 4.99 Å². The highest BCUT2D eigenvalue weighted by Gasteiger charge is 2.21. The summed E-state index contributed by atoms with van der Waals surface area (Å²) in [6.45, 7) is 0. The molecule has 0 aromatic carbocycles. The van der Waals surface area contributed by atoms with E-state index in [9.17, 15) is 9.59 Å². The van der Waals surface area contributed by atoms with Crippen LogP contribution in [0, 0.1) is 0 Å². The number of nitrogens with one attached hydrogen (secondary N) is 1. The standard InChI is InChI=1S/C5H6N2O3/c8-4-1-3(5(9)10)6-2-7-4/h2-3H,1H2,(H,9,10)(H,6,7,8). The molecule has 1 rings (SSSR count). The first-order valence-electron chi connectivity index (χ1n) is 2.74. The summed E-state index contributed by atoms with van der Waals surface area (Å²) in [5.74, 6) is -1.37. The largest absolute Gasteiger partial charge is 0.480 e. The molecule has 0 saturated carbocycles. The van der Waals surface area contributed by atoms with E-state index in [1.165, 1.54) is 0 Å². The van der Waals surface area contributed by atoms with Crippen molar-refractivity contribution in [2.75, 3.05) is 0 Å². The van der Waals surface area contributed by atoms with Gasteiger partial charge in [0.05, 0.1) is 12.8 Å². The van der Waals surface area contributed by atoms with Gasteiger partial charge in [0.25, 0.3) is 0 Å². The zero-order valence-corrected chi connectivity index (χ0v) is 5.07. The SMILES string of the molecule is O=C1CC(C(=O)O)N=CN1. The molecule has 0 radical (unpaired) electrons. The molecular weight excluding hydrogens is 136 g/mol. The monoisotopic (exact) mass is 142 g/mol. The van der Waals surface area contributed by atoms with E-state index >= 15 is 0 Å². The summed E-state index contributed by atoms with van der Waals surface area (Å²) in [6, 6.07) is -0.895. The first kappa shape index (κ1) is 6.73. The maximum absolute atomic E-state index is 10.5. The van der Waals surface area contributed by atoms with Crippen molar-refractivity contribution in [3.8, 4) is 0 Å². The number of aliphatic carboxylic acids is 1. The van der Waals surface area contributed by atoms with Gasteiger partial charge in [-0.15, -0.1) is 0 Å². The van der Waals surface area contributed by atoms with E-state index in [2.05, 4.69) is 10.3 Å². The second-order valence-corrected chi connectivity index (χ2v) is 1.90. The molecule has 0 aromatic rings. The predicted octanol–water partition coefficient (Wildman–Crippen LogP) is -1.01. The van der Waals surface area contributed by atoms with Crippen LogP contribution < -0.4 is 5.32 Å². The Morgan fingerprint density at radius 2 is 2.60 bits per heavy atom. The van der Waals surface area contributed by atoms with Crippen molar-refractivity contribution in [2.45, 2.75) is 12.5 Å². The Balaban J connectivity index is 2.64. The molecule has 0 bridgehead atoms. The maximum atomic E-state index is 10.5. The minimum absolute atomic E-state index is 0.0637. The Hall–Kier alpha value is -1.39. The summed E-state index contributed by atoms with van der Waals surface area (Å²) in [6.07, 6.45) is 1.05. The van der Waals surface area contributed by atoms with Crippen LogP contribution in [0.1, 0.15) is 6.42 Å². The smallest absolute Gasteiger partial charge is 0.329 e. The lowest BCUT2D eigenvalue weighted by Crippen LogP contribution is -2.35. The van der Waals surface area contributed by atoms with Crippen molar-refractivity contribution < 1.29 is 14.7 Å². The van der Waals surface area contributed by atoms with Gasteiger partial charge in [-0.05, 0) is 0 Å². The van der Waals surface area contributed by atoms with Gasteiger partial charge in [0.1, 0.15) is 0 Å². The summed E-state index contributed by atoms with van der Waals surface area (Å²) in [5.41, 5.74) is 0. The normalized spacial score (nSPS) is 24.0. The third kappa shape index (κ3) is 1.31. The number of rotatable bonds is 1. The van der Waals surface area contributed by atoms with Gasteiger partial charge in [0, 0.05) is 0 Å². The van der Waals surface area contributed by atoms with Crippen molar-refractivity contribution in [3.05, 3.63) is 0 Å². The number of carboxylic acids is 1. The van der Waals surface area contributed by atoms with Crippen molar-refractivity contribution in [2.24, 2.45) is 4.99 Å². The molecule has 5 nitrogen and oxygen atoms in total. The zero-order chi connectivity index (χ0) is 7.56. The lowest BCUT2D eigenvalue weighted by Gasteiger charge is -2.10. The van der Waals surface area contributed by atoms with E-state index in [1.54, 1.807) is 0 Å². The number of hydrogen-bond donors (Lipinski definition) is 2. The highest BCUT2D eigenvalue weighted by molar-refractivity contribution is 5.94. The summed E-state index contributed by atoms with van der Waals surface area (Å²) >= 11 is 0. The van der Waals surface area contributed by atoms with Crippen LogP contribution in [0.4, 0.5) is 0 Å². The van der Waals surface area contributed by atoms with Crippen LogP contribution >= 0.6 is 0 Å². The van der Waals surface area contributed by atoms with Crippen LogP contribution in [0.2, 0.25) is 0 Å². The average molecular weight is 142 g/mol. The molecule has 0 aromatic heterocycles. The van der Waals surface area contributed by atoms with E-state index in [0.29, 0.717) is 0 Å². The van der Waals surface area contributed by atoms with E-state index in [-0.39, 0.29) is 12.3 Å². The molecule has 0 aliphatic carbocycles. The lowest BCUT2D eigenvalue weighted by molar-refractivity contribution is -0.140. The van der Waals surface area contributed by atoms with E-state index in [4.69, 9.17) is 5.11 Å². The average Bonchev–Trinajstić information content (AvgIpc) is 1.88. The molecule has 1 heterocycles. The fourth-order valence-electron chi connectivity index (χ4n) is 0.638. The molecule has 54 valence electrons. The number of carbonyl (C=O) groups is 2. The van der Waals surface area contributed by atoms with Crippen molar-refractivity contribution in [1.82, 2.24) is 5.32 Å².